The second-order valence-corrected chi connectivity index (χ2v) is 5.58. The average Bonchev–Trinajstić information content (AvgIpc) is 2.83. The Hall–Kier alpha value is -0.780. The SMILES string of the molecule is CNC(C)c1ccc(Sc2ncc[nH]2)c(Br)c1. The van der Waals surface area contributed by atoms with Crippen molar-refractivity contribution in [2.24, 2.45) is 0 Å². The van der Waals surface area contributed by atoms with Gasteiger partial charge in [-0.15, -0.1) is 0 Å². The van der Waals surface area contributed by atoms with E-state index in [9.17, 15) is 0 Å². The molecule has 0 spiro atoms. The Bertz CT molecular complexity index is 485. The van der Waals surface area contributed by atoms with Crippen molar-refractivity contribution < 1.29 is 0 Å². The van der Waals surface area contributed by atoms with Crippen molar-refractivity contribution in [3.05, 3.63) is 40.6 Å². The van der Waals surface area contributed by atoms with Crippen LogP contribution in [0.4, 0.5) is 0 Å². The van der Waals surface area contributed by atoms with Crippen LogP contribution in [-0.4, -0.2) is 17.0 Å². The third-order valence-corrected chi connectivity index (χ3v) is 4.48. The third-order valence-electron chi connectivity index (χ3n) is 2.57. The summed E-state index contributed by atoms with van der Waals surface area (Å²) in [4.78, 5) is 8.44. The van der Waals surface area contributed by atoms with E-state index in [1.807, 2.05) is 13.2 Å². The van der Waals surface area contributed by atoms with Crippen LogP contribution in [0.2, 0.25) is 0 Å². The number of H-pyrrole nitrogens is 1. The standard InChI is InChI=1S/C12H14BrN3S/c1-8(14-2)9-3-4-11(10(13)7-9)17-12-15-5-6-16-12/h3-8,14H,1-2H3,(H,15,16). The van der Waals surface area contributed by atoms with Gasteiger partial charge in [0.15, 0.2) is 5.16 Å². The van der Waals surface area contributed by atoms with E-state index in [-0.39, 0.29) is 0 Å². The van der Waals surface area contributed by atoms with Crippen LogP contribution in [0.15, 0.2) is 45.1 Å². The van der Waals surface area contributed by atoms with Crippen LogP contribution < -0.4 is 5.32 Å². The zero-order valence-corrected chi connectivity index (χ0v) is 12.1. The number of aromatic amines is 1. The summed E-state index contributed by atoms with van der Waals surface area (Å²) >= 11 is 5.22. The van der Waals surface area contributed by atoms with Gasteiger partial charge in [-0.2, -0.15) is 0 Å². The van der Waals surface area contributed by atoms with Gasteiger partial charge in [-0.1, -0.05) is 17.8 Å². The Labute approximate surface area is 114 Å². The summed E-state index contributed by atoms with van der Waals surface area (Å²) in [5, 5.41) is 4.13. The lowest BCUT2D eigenvalue weighted by atomic mass is 10.1. The molecule has 5 heteroatoms. The van der Waals surface area contributed by atoms with Gasteiger partial charge in [0, 0.05) is 27.8 Å². The highest BCUT2D eigenvalue weighted by atomic mass is 79.9. The molecule has 1 unspecified atom stereocenters. The molecule has 1 heterocycles. The van der Waals surface area contributed by atoms with E-state index in [0.29, 0.717) is 6.04 Å². The minimum atomic E-state index is 0.356. The summed E-state index contributed by atoms with van der Waals surface area (Å²) in [5.74, 6) is 0. The number of imidazole rings is 1. The van der Waals surface area contributed by atoms with Crippen LogP contribution >= 0.6 is 27.7 Å². The quantitative estimate of drug-likeness (QED) is 0.906. The molecule has 2 N–H and O–H groups in total. The van der Waals surface area contributed by atoms with E-state index in [2.05, 4.69) is 56.3 Å². The normalized spacial score (nSPS) is 12.6. The number of nitrogens with zero attached hydrogens (tertiary/aromatic N) is 1. The number of nitrogens with one attached hydrogen (secondary N) is 2. The molecule has 0 bridgehead atoms. The second-order valence-electron chi connectivity index (χ2n) is 3.70. The van der Waals surface area contributed by atoms with E-state index in [4.69, 9.17) is 0 Å². The number of benzene rings is 1. The fourth-order valence-electron chi connectivity index (χ4n) is 1.45. The van der Waals surface area contributed by atoms with Crippen molar-refractivity contribution in [3.8, 4) is 0 Å². The fraction of sp³-hybridized carbons (Fsp3) is 0.250. The zero-order chi connectivity index (χ0) is 12.3. The smallest absolute Gasteiger partial charge is 0.170 e. The third kappa shape index (κ3) is 3.12. The van der Waals surface area contributed by atoms with Crippen molar-refractivity contribution in [2.45, 2.75) is 23.0 Å². The van der Waals surface area contributed by atoms with E-state index < -0.39 is 0 Å². The molecule has 0 saturated carbocycles. The molecule has 1 aromatic heterocycles. The molecule has 3 nitrogen and oxygen atoms in total. The molecular formula is C12H14BrN3S. The summed E-state index contributed by atoms with van der Waals surface area (Å²) in [7, 11) is 1.96. The topological polar surface area (TPSA) is 40.7 Å². The fourth-order valence-corrected chi connectivity index (χ4v) is 2.83. The van der Waals surface area contributed by atoms with Gasteiger partial charge in [0.05, 0.1) is 0 Å². The highest BCUT2D eigenvalue weighted by Gasteiger charge is 2.08. The molecule has 0 amide bonds. The van der Waals surface area contributed by atoms with Gasteiger partial charge in [0.25, 0.3) is 0 Å². The number of hydrogen-bond donors (Lipinski definition) is 2. The lowest BCUT2D eigenvalue weighted by Crippen LogP contribution is -2.12. The van der Waals surface area contributed by atoms with Crippen molar-refractivity contribution in [1.82, 2.24) is 15.3 Å². The van der Waals surface area contributed by atoms with E-state index in [0.717, 1.165) is 14.5 Å². The van der Waals surface area contributed by atoms with Crippen LogP contribution in [0.3, 0.4) is 0 Å². The summed E-state index contributed by atoms with van der Waals surface area (Å²) < 4.78 is 1.10. The van der Waals surface area contributed by atoms with Gasteiger partial charge in [0.1, 0.15) is 0 Å². The molecule has 2 rings (SSSR count). The van der Waals surface area contributed by atoms with Crippen LogP contribution in [0, 0.1) is 0 Å². The number of aromatic nitrogens is 2. The van der Waals surface area contributed by atoms with Crippen LogP contribution in [-0.2, 0) is 0 Å². The zero-order valence-electron chi connectivity index (χ0n) is 9.70. The Morgan fingerprint density at radius 2 is 2.29 bits per heavy atom. The molecular weight excluding hydrogens is 298 g/mol. The number of rotatable bonds is 4. The van der Waals surface area contributed by atoms with Gasteiger partial charge in [-0.3, -0.25) is 0 Å². The molecule has 1 atom stereocenters. The van der Waals surface area contributed by atoms with Crippen LogP contribution in [0.25, 0.3) is 0 Å². The Kier molecular flexibility index (Phi) is 4.25. The number of hydrogen-bond acceptors (Lipinski definition) is 3. The minimum Gasteiger partial charge on any atom is -0.339 e. The minimum absolute atomic E-state index is 0.356. The summed E-state index contributed by atoms with van der Waals surface area (Å²) in [6, 6.07) is 6.75. The van der Waals surface area contributed by atoms with Crippen LogP contribution in [0.5, 0.6) is 0 Å². The highest BCUT2D eigenvalue weighted by molar-refractivity contribution is 9.10. The lowest BCUT2D eigenvalue weighted by molar-refractivity contribution is 0.651. The number of halogens is 1. The molecule has 17 heavy (non-hydrogen) atoms. The average molecular weight is 312 g/mol. The van der Waals surface area contributed by atoms with Gasteiger partial charge < -0.3 is 10.3 Å². The first-order valence-corrected chi connectivity index (χ1v) is 6.95. The largest absolute Gasteiger partial charge is 0.339 e. The Morgan fingerprint density at radius 3 is 2.88 bits per heavy atom. The van der Waals surface area contributed by atoms with E-state index in [1.165, 1.54) is 5.56 Å². The van der Waals surface area contributed by atoms with Crippen molar-refractivity contribution in [2.75, 3.05) is 7.05 Å². The summed E-state index contributed by atoms with van der Waals surface area (Å²) in [5.41, 5.74) is 1.27. The Morgan fingerprint density at radius 1 is 1.47 bits per heavy atom. The maximum absolute atomic E-state index is 4.20. The monoisotopic (exact) mass is 311 g/mol. The molecule has 0 aliphatic carbocycles. The van der Waals surface area contributed by atoms with E-state index in [1.54, 1.807) is 18.0 Å². The first-order chi connectivity index (χ1) is 8.20. The van der Waals surface area contributed by atoms with Crippen molar-refractivity contribution in [3.63, 3.8) is 0 Å². The maximum atomic E-state index is 4.20. The van der Waals surface area contributed by atoms with Gasteiger partial charge in [0.2, 0.25) is 0 Å². The molecule has 90 valence electrons. The molecule has 0 aliphatic heterocycles. The molecule has 0 fully saturated rings. The van der Waals surface area contributed by atoms with Gasteiger partial charge in [-0.25, -0.2) is 4.98 Å². The molecule has 1 aromatic carbocycles. The van der Waals surface area contributed by atoms with Gasteiger partial charge in [-0.05, 0) is 47.6 Å². The highest BCUT2D eigenvalue weighted by Crippen LogP contribution is 2.33. The maximum Gasteiger partial charge on any atom is 0.170 e. The van der Waals surface area contributed by atoms with Gasteiger partial charge >= 0.3 is 0 Å². The second kappa shape index (κ2) is 5.71. The molecule has 0 saturated heterocycles. The van der Waals surface area contributed by atoms with Crippen molar-refractivity contribution in [1.29, 1.82) is 0 Å². The molecule has 0 aliphatic rings. The van der Waals surface area contributed by atoms with Crippen LogP contribution in [0.1, 0.15) is 18.5 Å². The summed E-state index contributed by atoms with van der Waals surface area (Å²) in [6.45, 7) is 2.14. The molecule has 0 radical (unpaired) electrons. The lowest BCUT2D eigenvalue weighted by Gasteiger charge is -2.12. The summed E-state index contributed by atoms with van der Waals surface area (Å²) in [6.07, 6.45) is 3.58. The molecule has 2 aromatic rings. The predicted octanol–water partition coefficient (Wildman–Crippen LogP) is 3.60. The first-order valence-electron chi connectivity index (χ1n) is 5.34. The van der Waals surface area contributed by atoms with Crippen molar-refractivity contribution >= 4 is 27.7 Å². The van der Waals surface area contributed by atoms with E-state index >= 15 is 0 Å². The predicted molar refractivity (Wildman–Crippen MR) is 74.3 cm³/mol. The first kappa shape index (κ1) is 12.7. The Balaban J connectivity index is 2.20.